The summed E-state index contributed by atoms with van der Waals surface area (Å²) in [5, 5.41) is 33.7. The van der Waals surface area contributed by atoms with Gasteiger partial charge in [-0.1, -0.05) is 6.07 Å². The maximum atomic E-state index is 12.1. The lowest BCUT2D eigenvalue weighted by Crippen LogP contribution is -2.38. The van der Waals surface area contributed by atoms with Gasteiger partial charge < -0.3 is 15.2 Å². The monoisotopic (exact) mass is 498 g/mol. The highest BCUT2D eigenvalue weighted by Gasteiger charge is 2.27. The van der Waals surface area contributed by atoms with E-state index >= 15 is 0 Å². The molecule has 0 bridgehead atoms. The Kier molecular flexibility index (Phi) is 7.35. The first-order valence-electron chi connectivity index (χ1n) is 10.2. The topological polar surface area (TPSA) is 152 Å². The number of carbonyl (C=O) groups excluding carboxylic acids is 1. The van der Waals surface area contributed by atoms with E-state index in [1.54, 1.807) is 33.8 Å². The third-order valence-corrected chi connectivity index (χ3v) is 6.49. The Hall–Kier alpha value is -3.74. The zero-order valence-electron chi connectivity index (χ0n) is 18.9. The van der Waals surface area contributed by atoms with Gasteiger partial charge in [-0.05, 0) is 39.1 Å². The van der Waals surface area contributed by atoms with Crippen molar-refractivity contribution in [3.05, 3.63) is 38.7 Å². The van der Waals surface area contributed by atoms with E-state index in [4.69, 9.17) is 4.74 Å². The molecule has 2 amide bonds. The number of anilines is 1. The molecule has 10 nitrogen and oxygen atoms in total. The summed E-state index contributed by atoms with van der Waals surface area (Å²) in [5.41, 5.74) is -0.217. The summed E-state index contributed by atoms with van der Waals surface area (Å²) in [7, 11) is 0. The molecule has 0 aliphatic heterocycles. The van der Waals surface area contributed by atoms with E-state index in [1.165, 1.54) is 22.7 Å². The van der Waals surface area contributed by atoms with E-state index in [0.717, 1.165) is 9.78 Å². The number of nitriles is 2. The van der Waals surface area contributed by atoms with Gasteiger partial charge in [0, 0.05) is 22.2 Å². The van der Waals surface area contributed by atoms with Crippen LogP contribution in [-0.4, -0.2) is 38.9 Å². The van der Waals surface area contributed by atoms with Gasteiger partial charge in [-0.15, -0.1) is 22.7 Å². The number of thiophene rings is 2. The summed E-state index contributed by atoms with van der Waals surface area (Å²) in [6.07, 6.45) is -1.55. The first kappa shape index (κ1) is 24.9. The predicted octanol–water partition coefficient (Wildman–Crippen LogP) is 4.64. The molecular formula is C22H22N6O4S2. The van der Waals surface area contributed by atoms with E-state index in [0.29, 0.717) is 9.58 Å². The normalized spacial score (nSPS) is 11.9. The maximum absolute atomic E-state index is 12.1. The number of nitrogens with one attached hydrogen (secondary N) is 1. The van der Waals surface area contributed by atoms with E-state index in [1.807, 2.05) is 17.5 Å². The molecule has 0 saturated carbocycles. The summed E-state index contributed by atoms with van der Waals surface area (Å²) >= 11 is 2.57. The smallest absolute Gasteiger partial charge is 0.413 e. The van der Waals surface area contributed by atoms with Crippen LogP contribution in [0.2, 0.25) is 0 Å². The van der Waals surface area contributed by atoms with Crippen molar-refractivity contribution in [1.82, 2.24) is 15.3 Å². The number of nitrogens with zero attached hydrogens (tertiary/aromatic N) is 5. The average Bonchev–Trinajstić information content (AvgIpc) is 3.36. The summed E-state index contributed by atoms with van der Waals surface area (Å²) in [5.74, 6) is -0.191. The van der Waals surface area contributed by atoms with E-state index in [2.05, 4.69) is 21.4 Å². The number of aromatic nitrogens is 2. The molecule has 34 heavy (non-hydrogen) atoms. The Morgan fingerprint density at radius 3 is 2.59 bits per heavy atom. The molecule has 176 valence electrons. The molecule has 2 N–H and O–H groups in total. The van der Waals surface area contributed by atoms with Crippen molar-refractivity contribution in [2.24, 2.45) is 0 Å². The van der Waals surface area contributed by atoms with Crippen LogP contribution in [0, 0.1) is 22.7 Å². The number of amides is 2. The molecule has 0 saturated heterocycles. The number of rotatable bonds is 6. The number of ether oxygens (including phenoxy) is 1. The molecule has 0 fully saturated rings. The molecule has 1 atom stereocenters. The molecule has 3 rings (SSSR count). The fourth-order valence-corrected chi connectivity index (χ4v) is 5.14. The minimum Gasteiger partial charge on any atom is -0.465 e. The quantitative estimate of drug-likeness (QED) is 0.499. The third kappa shape index (κ3) is 5.78. The van der Waals surface area contributed by atoms with Crippen LogP contribution in [0.25, 0.3) is 10.2 Å². The number of carbonyl (C=O) groups is 2. The third-order valence-electron chi connectivity index (χ3n) is 4.44. The van der Waals surface area contributed by atoms with Crippen molar-refractivity contribution in [3.8, 4) is 12.1 Å². The molecular weight excluding hydrogens is 476 g/mol. The van der Waals surface area contributed by atoms with Gasteiger partial charge in [0.25, 0.3) is 0 Å². The molecule has 0 spiro atoms. The number of fused-ring (bicyclic) bond motifs is 1. The van der Waals surface area contributed by atoms with Crippen molar-refractivity contribution < 1.29 is 19.4 Å². The summed E-state index contributed by atoms with van der Waals surface area (Å²) in [6, 6.07) is 7.18. The summed E-state index contributed by atoms with van der Waals surface area (Å²) in [4.78, 5) is 35.0. The summed E-state index contributed by atoms with van der Waals surface area (Å²) in [6.45, 7) is 7.08. The fraction of sp³-hybridized carbons (Fsp3) is 0.364. The first-order chi connectivity index (χ1) is 16.0. The Morgan fingerprint density at radius 2 is 2.03 bits per heavy atom. The van der Waals surface area contributed by atoms with E-state index in [9.17, 15) is 25.2 Å². The highest BCUT2D eigenvalue weighted by atomic mass is 32.1. The van der Waals surface area contributed by atoms with Crippen LogP contribution in [0.5, 0.6) is 0 Å². The zero-order chi connectivity index (χ0) is 25.0. The second kappa shape index (κ2) is 10.0. The Balaban J connectivity index is 2.02. The lowest BCUT2D eigenvalue weighted by molar-refractivity contribution is 0.0508. The number of carboxylic acid groups (broad SMARTS) is 1. The van der Waals surface area contributed by atoms with Gasteiger partial charge in [-0.25, -0.2) is 14.6 Å². The van der Waals surface area contributed by atoms with E-state index in [-0.39, 0.29) is 41.7 Å². The Labute approximate surface area is 204 Å². The van der Waals surface area contributed by atoms with Crippen LogP contribution in [0.15, 0.2) is 17.5 Å². The molecule has 0 radical (unpaired) electrons. The van der Waals surface area contributed by atoms with Crippen LogP contribution in [0.1, 0.15) is 48.8 Å². The van der Waals surface area contributed by atoms with Crippen molar-refractivity contribution in [2.45, 2.75) is 52.3 Å². The molecule has 3 aromatic heterocycles. The van der Waals surface area contributed by atoms with Crippen LogP contribution < -0.4 is 10.2 Å². The molecule has 12 heteroatoms. The first-order valence-corrected chi connectivity index (χ1v) is 11.9. The number of hydrogen-bond acceptors (Lipinski definition) is 9. The van der Waals surface area contributed by atoms with Gasteiger partial charge >= 0.3 is 12.2 Å². The SMILES string of the molecule is CC(Cc1sc2c(N(Cc3cccs3)C(=O)O)nc(C#N)nc2c1C#N)NC(=O)OC(C)(C)C. The molecule has 1 unspecified atom stereocenters. The van der Waals surface area contributed by atoms with Gasteiger partial charge in [0.15, 0.2) is 5.82 Å². The van der Waals surface area contributed by atoms with Crippen LogP contribution >= 0.6 is 22.7 Å². The lowest BCUT2D eigenvalue weighted by atomic mass is 10.1. The minimum atomic E-state index is -1.24. The average molecular weight is 499 g/mol. The van der Waals surface area contributed by atoms with Gasteiger partial charge in [0.05, 0.1) is 16.8 Å². The fourth-order valence-electron chi connectivity index (χ4n) is 3.13. The molecule has 3 heterocycles. The van der Waals surface area contributed by atoms with Crippen LogP contribution in [0.3, 0.4) is 0 Å². The second-order valence-electron chi connectivity index (χ2n) is 8.37. The van der Waals surface area contributed by atoms with Gasteiger partial charge in [-0.2, -0.15) is 15.5 Å². The van der Waals surface area contributed by atoms with Crippen molar-refractivity contribution in [2.75, 3.05) is 4.90 Å². The highest BCUT2D eigenvalue weighted by Crippen LogP contribution is 2.37. The number of alkyl carbamates (subject to hydrolysis) is 1. The van der Waals surface area contributed by atoms with Crippen LogP contribution in [-0.2, 0) is 17.7 Å². The van der Waals surface area contributed by atoms with E-state index < -0.39 is 17.8 Å². The Bertz CT molecular complexity index is 1300. The molecule has 3 aromatic rings. The van der Waals surface area contributed by atoms with Gasteiger partial charge in [0.2, 0.25) is 5.82 Å². The maximum Gasteiger partial charge on any atom is 0.413 e. The Morgan fingerprint density at radius 1 is 1.29 bits per heavy atom. The molecule has 0 aliphatic carbocycles. The lowest BCUT2D eigenvalue weighted by Gasteiger charge is -2.21. The standard InChI is InChI=1S/C22H22N6O4S2/c1-12(25-20(29)32-22(2,3)4)8-15-14(9-23)17-18(34-15)19(27-16(10-24)26-17)28(21(30)31)11-13-6-5-7-33-13/h5-7,12H,8,11H2,1-4H3,(H,25,29)(H,30,31). The minimum absolute atomic E-state index is 0.0374. The van der Waals surface area contributed by atoms with Crippen molar-refractivity contribution in [3.63, 3.8) is 0 Å². The van der Waals surface area contributed by atoms with Crippen LogP contribution in [0.4, 0.5) is 15.4 Å². The molecule has 0 aliphatic rings. The summed E-state index contributed by atoms with van der Waals surface area (Å²) < 4.78 is 5.66. The molecule has 0 aromatic carbocycles. The van der Waals surface area contributed by atoms with Crippen molar-refractivity contribution in [1.29, 1.82) is 10.5 Å². The largest absolute Gasteiger partial charge is 0.465 e. The highest BCUT2D eigenvalue weighted by molar-refractivity contribution is 7.20. The zero-order valence-corrected chi connectivity index (χ0v) is 20.6. The van der Waals surface area contributed by atoms with Crippen molar-refractivity contribution >= 4 is 50.9 Å². The number of hydrogen-bond donors (Lipinski definition) is 2. The van der Waals surface area contributed by atoms with Gasteiger partial charge in [-0.3, -0.25) is 4.90 Å². The second-order valence-corrected chi connectivity index (χ2v) is 10.5. The van der Waals surface area contributed by atoms with Gasteiger partial charge in [0.1, 0.15) is 23.3 Å². The predicted molar refractivity (Wildman–Crippen MR) is 128 cm³/mol.